The molecule has 2 aromatic rings. The number of hydrogen-bond acceptors (Lipinski definition) is 2. The maximum atomic E-state index is 10.4. The van der Waals surface area contributed by atoms with Crippen molar-refractivity contribution >= 4 is 12.9 Å². The van der Waals surface area contributed by atoms with E-state index in [2.05, 4.69) is 36.4 Å². The van der Waals surface area contributed by atoms with E-state index in [4.69, 9.17) is 4.65 Å². The molecule has 1 radical (unpaired) electrons. The van der Waals surface area contributed by atoms with Crippen molar-refractivity contribution in [1.82, 2.24) is 0 Å². The SMILES string of the molecule is CC(C)(O)C(C)(C)O[B]c1cc2c(cc1-c1ccccc1)CCCC2. The summed E-state index contributed by atoms with van der Waals surface area (Å²) in [5, 5.41) is 10.4. The molecular formula is C22H28BO2. The van der Waals surface area contributed by atoms with Gasteiger partial charge in [0.05, 0.1) is 11.2 Å². The molecule has 25 heavy (non-hydrogen) atoms. The van der Waals surface area contributed by atoms with Crippen LogP contribution in [0.25, 0.3) is 11.1 Å². The molecule has 0 saturated heterocycles. The average Bonchev–Trinajstić information content (AvgIpc) is 2.59. The van der Waals surface area contributed by atoms with Gasteiger partial charge < -0.3 is 9.76 Å². The fourth-order valence-corrected chi connectivity index (χ4v) is 3.12. The van der Waals surface area contributed by atoms with Gasteiger partial charge in [-0.25, -0.2) is 0 Å². The summed E-state index contributed by atoms with van der Waals surface area (Å²) in [6, 6.07) is 15.1. The molecule has 1 aliphatic carbocycles. The molecule has 2 nitrogen and oxygen atoms in total. The Morgan fingerprint density at radius 1 is 0.920 bits per heavy atom. The zero-order valence-electron chi connectivity index (χ0n) is 15.8. The fourth-order valence-electron chi connectivity index (χ4n) is 3.12. The Morgan fingerprint density at radius 3 is 2.12 bits per heavy atom. The van der Waals surface area contributed by atoms with Gasteiger partial charge >= 0.3 is 7.48 Å². The highest BCUT2D eigenvalue weighted by molar-refractivity contribution is 6.49. The molecule has 0 fully saturated rings. The van der Waals surface area contributed by atoms with E-state index in [9.17, 15) is 5.11 Å². The van der Waals surface area contributed by atoms with Gasteiger partial charge in [0.15, 0.2) is 0 Å². The minimum absolute atomic E-state index is 0.670. The van der Waals surface area contributed by atoms with Crippen LogP contribution in [0.2, 0.25) is 0 Å². The lowest BCUT2D eigenvalue weighted by Gasteiger charge is -2.37. The Bertz CT molecular complexity index is 730. The molecule has 3 heteroatoms. The molecule has 1 N–H and O–H groups in total. The molecule has 0 bridgehead atoms. The van der Waals surface area contributed by atoms with Crippen molar-refractivity contribution in [2.45, 2.75) is 64.6 Å². The second kappa shape index (κ2) is 6.97. The molecular weight excluding hydrogens is 307 g/mol. The summed E-state index contributed by atoms with van der Waals surface area (Å²) in [4.78, 5) is 0. The van der Waals surface area contributed by atoms with E-state index in [1.54, 1.807) is 13.8 Å². The van der Waals surface area contributed by atoms with Crippen molar-refractivity contribution in [3.05, 3.63) is 53.6 Å². The number of aryl methyl sites for hydroxylation is 2. The predicted octanol–water partition coefficient (Wildman–Crippen LogP) is 4.04. The molecule has 0 heterocycles. The lowest BCUT2D eigenvalue weighted by molar-refractivity contribution is -0.0893. The molecule has 0 saturated carbocycles. The monoisotopic (exact) mass is 335 g/mol. The fraction of sp³-hybridized carbons (Fsp3) is 0.455. The standard InChI is InChI=1S/C22H28BO2/c1-21(2,24)22(3,4)25-23-20-15-18-13-9-8-12-17(18)14-19(20)16-10-6-5-7-11-16/h5-7,10-11,14-15,24H,8-9,12-13H2,1-4H3. The topological polar surface area (TPSA) is 29.5 Å². The van der Waals surface area contributed by atoms with E-state index in [1.807, 2.05) is 27.4 Å². The van der Waals surface area contributed by atoms with Gasteiger partial charge in [0.25, 0.3) is 0 Å². The molecule has 1 aliphatic rings. The van der Waals surface area contributed by atoms with Gasteiger partial charge in [-0.15, -0.1) is 0 Å². The molecule has 2 aromatic carbocycles. The number of aliphatic hydroxyl groups is 1. The van der Waals surface area contributed by atoms with Gasteiger partial charge in [-0.3, -0.25) is 0 Å². The van der Waals surface area contributed by atoms with Gasteiger partial charge in [-0.05, 0) is 81.1 Å². The van der Waals surface area contributed by atoms with Crippen molar-refractivity contribution in [2.75, 3.05) is 0 Å². The number of benzene rings is 2. The van der Waals surface area contributed by atoms with Gasteiger partial charge in [0.2, 0.25) is 0 Å². The molecule has 131 valence electrons. The second-order valence-corrected chi connectivity index (χ2v) is 8.09. The average molecular weight is 335 g/mol. The third-order valence-corrected chi connectivity index (χ3v) is 5.55. The van der Waals surface area contributed by atoms with E-state index in [0.717, 1.165) is 18.3 Å². The van der Waals surface area contributed by atoms with Crippen molar-refractivity contribution in [3.63, 3.8) is 0 Å². The van der Waals surface area contributed by atoms with E-state index in [-0.39, 0.29) is 0 Å². The van der Waals surface area contributed by atoms with Crippen LogP contribution in [-0.2, 0) is 17.5 Å². The largest absolute Gasteiger partial charge is 0.427 e. The van der Waals surface area contributed by atoms with Crippen molar-refractivity contribution in [2.24, 2.45) is 0 Å². The number of rotatable bonds is 5. The lowest BCUT2D eigenvalue weighted by atomic mass is 9.75. The molecule has 0 aliphatic heterocycles. The number of hydrogen-bond donors (Lipinski definition) is 1. The molecule has 0 spiro atoms. The zero-order valence-corrected chi connectivity index (χ0v) is 15.8. The summed E-state index contributed by atoms with van der Waals surface area (Å²) in [6.45, 7) is 7.41. The highest BCUT2D eigenvalue weighted by atomic mass is 16.5. The summed E-state index contributed by atoms with van der Waals surface area (Å²) in [5.41, 5.74) is 4.79. The highest BCUT2D eigenvalue weighted by Gasteiger charge is 2.36. The summed E-state index contributed by atoms with van der Waals surface area (Å²) in [7, 11) is 1.83. The lowest BCUT2D eigenvalue weighted by Crippen LogP contribution is -2.49. The summed E-state index contributed by atoms with van der Waals surface area (Å²) < 4.78 is 6.06. The first-order valence-corrected chi connectivity index (χ1v) is 9.22. The summed E-state index contributed by atoms with van der Waals surface area (Å²) in [5.74, 6) is 0. The molecule has 0 amide bonds. The van der Waals surface area contributed by atoms with Crippen molar-refractivity contribution in [3.8, 4) is 11.1 Å². The van der Waals surface area contributed by atoms with Crippen LogP contribution in [0.1, 0.15) is 51.7 Å². The Morgan fingerprint density at radius 2 is 1.52 bits per heavy atom. The van der Waals surface area contributed by atoms with E-state index in [1.165, 1.54) is 35.1 Å². The molecule has 3 rings (SSSR count). The first kappa shape index (κ1) is 18.2. The van der Waals surface area contributed by atoms with Crippen LogP contribution in [0.4, 0.5) is 0 Å². The smallest absolute Gasteiger partial charge is 0.331 e. The third-order valence-electron chi connectivity index (χ3n) is 5.55. The quantitative estimate of drug-likeness (QED) is 0.836. The van der Waals surface area contributed by atoms with Gasteiger partial charge in [-0.1, -0.05) is 42.5 Å². The van der Waals surface area contributed by atoms with Crippen LogP contribution in [0, 0.1) is 0 Å². The number of fused-ring (bicyclic) bond motifs is 1. The van der Waals surface area contributed by atoms with Crippen LogP contribution < -0.4 is 5.46 Å². The third kappa shape index (κ3) is 3.99. The first-order chi connectivity index (χ1) is 11.8. The van der Waals surface area contributed by atoms with E-state index < -0.39 is 11.2 Å². The predicted molar refractivity (Wildman–Crippen MR) is 105 cm³/mol. The van der Waals surface area contributed by atoms with Gasteiger partial charge in [0, 0.05) is 0 Å². The molecule has 0 atom stereocenters. The minimum atomic E-state index is -0.926. The van der Waals surface area contributed by atoms with Gasteiger partial charge in [0.1, 0.15) is 0 Å². The minimum Gasteiger partial charge on any atom is -0.427 e. The van der Waals surface area contributed by atoms with Crippen LogP contribution in [0.3, 0.4) is 0 Å². The summed E-state index contributed by atoms with van der Waals surface area (Å²) in [6.07, 6.45) is 4.82. The van der Waals surface area contributed by atoms with Crippen molar-refractivity contribution in [1.29, 1.82) is 0 Å². The maximum absolute atomic E-state index is 10.4. The van der Waals surface area contributed by atoms with Crippen LogP contribution in [0.5, 0.6) is 0 Å². The second-order valence-electron chi connectivity index (χ2n) is 8.09. The highest BCUT2D eigenvalue weighted by Crippen LogP contribution is 2.28. The normalized spacial score (nSPS) is 14.9. The Kier molecular flexibility index (Phi) is 5.08. The summed E-state index contributed by atoms with van der Waals surface area (Å²) >= 11 is 0. The first-order valence-electron chi connectivity index (χ1n) is 9.22. The zero-order chi connectivity index (χ0) is 18.1. The van der Waals surface area contributed by atoms with E-state index in [0.29, 0.717) is 0 Å². The Balaban J connectivity index is 1.97. The van der Waals surface area contributed by atoms with Gasteiger partial charge in [-0.2, -0.15) is 0 Å². The molecule has 0 unspecified atom stereocenters. The van der Waals surface area contributed by atoms with E-state index >= 15 is 0 Å². The molecule has 0 aromatic heterocycles. The van der Waals surface area contributed by atoms with Crippen LogP contribution >= 0.6 is 0 Å². The van der Waals surface area contributed by atoms with Crippen LogP contribution in [0.15, 0.2) is 42.5 Å². The maximum Gasteiger partial charge on any atom is 0.331 e. The van der Waals surface area contributed by atoms with Crippen LogP contribution in [-0.4, -0.2) is 23.8 Å². The van der Waals surface area contributed by atoms with Crippen molar-refractivity contribution < 1.29 is 9.76 Å². The Hall–Kier alpha value is -1.58. The Labute approximate surface area is 152 Å².